The molecule has 0 aromatic rings. The van der Waals surface area contributed by atoms with Crippen molar-refractivity contribution in [2.45, 2.75) is 76.3 Å². The molecule has 2 atom stereocenters. The molecule has 2 aliphatic carbocycles. The third kappa shape index (κ3) is 10.3. The summed E-state index contributed by atoms with van der Waals surface area (Å²) < 4.78 is 5.36. The molecule has 6 N–H and O–H groups in total. The molecule has 3 aliphatic rings. The lowest BCUT2D eigenvalue weighted by atomic mass is 9.90. The van der Waals surface area contributed by atoms with E-state index in [4.69, 9.17) is 15.9 Å². The minimum absolute atomic E-state index is 0. The van der Waals surface area contributed by atoms with Gasteiger partial charge in [-0.2, -0.15) is 0 Å². The molecule has 3 amide bonds. The van der Waals surface area contributed by atoms with Crippen molar-refractivity contribution in [3.63, 3.8) is 0 Å². The number of guanidine groups is 1. The Hall–Kier alpha value is -2.76. The number of carbonyl (C=O) groups is 4. The molecule has 0 aromatic carbocycles. The molecule has 1 aliphatic heterocycles. The predicted molar refractivity (Wildman–Crippen MR) is 138 cm³/mol. The Morgan fingerprint density at radius 3 is 2.35 bits per heavy atom. The highest BCUT2D eigenvalue weighted by molar-refractivity contribution is 5.92. The molecule has 0 bridgehead atoms. The van der Waals surface area contributed by atoms with Crippen LogP contribution in [0.4, 0.5) is 4.79 Å². The Kier molecular flexibility index (Phi) is 12.2. The van der Waals surface area contributed by atoms with Gasteiger partial charge in [-0.15, -0.1) is 12.4 Å². The monoisotopic (exact) mass is 544 g/mol. The number of hydrogen-bond acceptors (Lipinski definition) is 6. The van der Waals surface area contributed by atoms with Crippen LogP contribution in [0.5, 0.6) is 0 Å². The molecule has 0 unspecified atom stereocenters. The highest BCUT2D eigenvalue weighted by Crippen LogP contribution is 2.28. The normalized spacial score (nSPS) is 20.6. The van der Waals surface area contributed by atoms with Crippen LogP contribution in [0, 0.1) is 17.2 Å². The van der Waals surface area contributed by atoms with E-state index in [1.54, 1.807) is 4.90 Å². The average Bonchev–Trinajstić information content (AvgIpc) is 3.70. The molecule has 37 heavy (non-hydrogen) atoms. The third-order valence-electron chi connectivity index (χ3n) is 7.18. The number of aliphatic carboxylic acids is 1. The number of amides is 3. The number of carbonyl (C=O) groups excluding carboxylic acids is 3. The van der Waals surface area contributed by atoms with Gasteiger partial charge in [-0.25, -0.2) is 4.79 Å². The molecule has 3 fully saturated rings. The minimum atomic E-state index is -1.22. The van der Waals surface area contributed by atoms with E-state index in [-0.39, 0.29) is 43.4 Å². The predicted octanol–water partition coefficient (Wildman–Crippen LogP) is 1.27. The van der Waals surface area contributed by atoms with Crippen molar-refractivity contribution in [1.82, 2.24) is 20.4 Å². The lowest BCUT2D eigenvalue weighted by Crippen LogP contribution is -2.53. The van der Waals surface area contributed by atoms with E-state index in [0.29, 0.717) is 38.4 Å². The van der Waals surface area contributed by atoms with Gasteiger partial charge in [0.25, 0.3) is 0 Å². The smallest absolute Gasteiger partial charge is 0.407 e. The van der Waals surface area contributed by atoms with Crippen LogP contribution in [-0.4, -0.2) is 89.6 Å². The quantitative estimate of drug-likeness (QED) is 0.190. The van der Waals surface area contributed by atoms with Gasteiger partial charge < -0.3 is 36.0 Å². The Bertz CT molecular complexity index is 820. The number of halogens is 1. The summed E-state index contributed by atoms with van der Waals surface area (Å²) in [6, 6.07) is -1.41. The van der Waals surface area contributed by atoms with Crippen molar-refractivity contribution in [2.24, 2.45) is 17.6 Å². The topological polar surface area (TPSA) is 178 Å². The second-order valence-electron chi connectivity index (χ2n) is 10.2. The van der Waals surface area contributed by atoms with Crippen molar-refractivity contribution in [3.8, 4) is 0 Å². The Morgan fingerprint density at radius 1 is 1.05 bits per heavy atom. The molecule has 12 nitrogen and oxygen atoms in total. The van der Waals surface area contributed by atoms with Gasteiger partial charge in [-0.1, -0.05) is 19.3 Å². The van der Waals surface area contributed by atoms with Crippen LogP contribution in [0.1, 0.15) is 64.2 Å². The molecule has 210 valence electrons. The second kappa shape index (κ2) is 14.8. The number of nitrogens with zero attached hydrogens (tertiary/aromatic N) is 2. The second-order valence-corrected chi connectivity index (χ2v) is 10.2. The number of piperidine rings is 1. The van der Waals surface area contributed by atoms with Crippen molar-refractivity contribution < 1.29 is 29.0 Å². The molecule has 3 rings (SSSR count). The molecular weight excluding hydrogens is 504 g/mol. The summed E-state index contributed by atoms with van der Waals surface area (Å²) in [5.74, 6) is -1.75. The summed E-state index contributed by atoms with van der Waals surface area (Å²) in [5.41, 5.74) is 5.58. The number of rotatable bonds is 11. The van der Waals surface area contributed by atoms with Crippen molar-refractivity contribution in [3.05, 3.63) is 0 Å². The number of carboxylic acids is 1. The summed E-state index contributed by atoms with van der Waals surface area (Å²) in [4.78, 5) is 52.8. The number of nitrogens with one attached hydrogen (secondary N) is 3. The van der Waals surface area contributed by atoms with Crippen LogP contribution in [0.3, 0.4) is 0 Å². The van der Waals surface area contributed by atoms with Gasteiger partial charge in [0.2, 0.25) is 11.8 Å². The summed E-state index contributed by atoms with van der Waals surface area (Å²) in [6.07, 6.45) is 7.42. The van der Waals surface area contributed by atoms with Crippen molar-refractivity contribution in [1.29, 1.82) is 5.41 Å². The maximum atomic E-state index is 13.2. The van der Waals surface area contributed by atoms with E-state index in [2.05, 4.69) is 10.6 Å². The van der Waals surface area contributed by atoms with Crippen molar-refractivity contribution >= 4 is 42.2 Å². The van der Waals surface area contributed by atoms with Crippen LogP contribution >= 0.6 is 12.4 Å². The number of alkyl carbamates (subject to hydrolysis) is 1. The minimum Gasteiger partial charge on any atom is -0.480 e. The SMILES string of the molecule is Cl.N=C(N)N1CCC[C@@H](CNC(=O)C[C@H](NC(=O)OCC2CCCCC2)C(=O)N(CC(=O)O)C2CC2)C1. The molecule has 0 aromatic heterocycles. The summed E-state index contributed by atoms with van der Waals surface area (Å²) in [7, 11) is 0. The van der Waals surface area contributed by atoms with Gasteiger partial charge in [-0.3, -0.25) is 19.8 Å². The Balaban J connectivity index is 0.00000481. The first-order chi connectivity index (χ1) is 17.2. The maximum absolute atomic E-state index is 13.2. The zero-order chi connectivity index (χ0) is 26.1. The van der Waals surface area contributed by atoms with E-state index in [1.165, 1.54) is 11.3 Å². The first-order valence-electron chi connectivity index (χ1n) is 13.0. The molecule has 1 heterocycles. The van der Waals surface area contributed by atoms with Crippen molar-refractivity contribution in [2.75, 3.05) is 32.8 Å². The van der Waals surface area contributed by atoms with E-state index in [9.17, 15) is 24.3 Å². The van der Waals surface area contributed by atoms with Gasteiger partial charge in [0.15, 0.2) is 5.96 Å². The van der Waals surface area contributed by atoms with Gasteiger partial charge in [0.05, 0.1) is 13.0 Å². The fourth-order valence-corrected chi connectivity index (χ4v) is 5.02. The average molecular weight is 545 g/mol. The van der Waals surface area contributed by atoms with Crippen LogP contribution in [0.15, 0.2) is 0 Å². The Morgan fingerprint density at radius 2 is 1.73 bits per heavy atom. The third-order valence-corrected chi connectivity index (χ3v) is 7.18. The largest absolute Gasteiger partial charge is 0.480 e. The first kappa shape index (κ1) is 30.5. The fraction of sp³-hybridized carbons (Fsp3) is 0.792. The maximum Gasteiger partial charge on any atom is 0.407 e. The van der Waals surface area contributed by atoms with Gasteiger partial charge in [0, 0.05) is 25.7 Å². The van der Waals surface area contributed by atoms with E-state index in [1.807, 2.05) is 0 Å². The Labute approximate surface area is 223 Å². The van der Waals surface area contributed by atoms with E-state index < -0.39 is 36.5 Å². The summed E-state index contributed by atoms with van der Waals surface area (Å²) in [5, 5.41) is 22.2. The highest BCUT2D eigenvalue weighted by atomic mass is 35.5. The zero-order valence-electron chi connectivity index (χ0n) is 21.3. The lowest BCUT2D eigenvalue weighted by Gasteiger charge is -2.33. The molecule has 0 radical (unpaired) electrons. The number of likely N-dealkylation sites (tertiary alicyclic amines) is 1. The van der Waals surface area contributed by atoms with Crippen LogP contribution in [-0.2, 0) is 19.1 Å². The van der Waals surface area contributed by atoms with Gasteiger partial charge in [0.1, 0.15) is 12.6 Å². The zero-order valence-corrected chi connectivity index (χ0v) is 22.1. The van der Waals surface area contributed by atoms with Crippen LogP contribution in [0.25, 0.3) is 0 Å². The molecular formula is C24H41ClN6O6. The first-order valence-corrected chi connectivity index (χ1v) is 13.0. The molecule has 0 spiro atoms. The fourth-order valence-electron chi connectivity index (χ4n) is 5.02. The van der Waals surface area contributed by atoms with E-state index >= 15 is 0 Å². The molecule has 2 saturated carbocycles. The lowest BCUT2D eigenvalue weighted by molar-refractivity contribution is -0.146. The standard InChI is InChI=1S/C24H40N6O6.ClH/c25-23(26)29-10-4-7-17(13-29)12-27-20(31)11-19(22(34)30(14-21(32)33)18-8-9-18)28-24(35)36-15-16-5-2-1-3-6-16;/h16-19H,1-15H2,(H3,25,26)(H,27,31)(H,28,35)(H,32,33);1H/t17-,19-;/m0./s1. The van der Waals surface area contributed by atoms with Gasteiger partial charge >= 0.3 is 12.1 Å². The van der Waals surface area contributed by atoms with Crippen LogP contribution < -0.4 is 16.4 Å². The van der Waals surface area contributed by atoms with E-state index in [0.717, 1.165) is 38.5 Å². The number of hydrogen-bond donors (Lipinski definition) is 5. The number of nitrogens with two attached hydrogens (primary N) is 1. The molecule has 13 heteroatoms. The highest BCUT2D eigenvalue weighted by Gasteiger charge is 2.38. The number of carboxylic acid groups (broad SMARTS) is 1. The van der Waals surface area contributed by atoms with Crippen LogP contribution in [0.2, 0.25) is 0 Å². The van der Waals surface area contributed by atoms with Gasteiger partial charge in [-0.05, 0) is 50.4 Å². The number of ether oxygens (including phenoxy) is 1. The summed E-state index contributed by atoms with van der Waals surface area (Å²) >= 11 is 0. The summed E-state index contributed by atoms with van der Waals surface area (Å²) in [6.45, 7) is 1.41. The molecule has 1 saturated heterocycles.